The molecular weight excluding hydrogens is 272 g/mol. The molecule has 0 aromatic heterocycles. The van der Waals surface area contributed by atoms with E-state index in [0.717, 1.165) is 5.56 Å². The molecule has 21 heavy (non-hydrogen) atoms. The van der Waals surface area contributed by atoms with E-state index in [2.05, 4.69) is 5.32 Å². The molecule has 112 valence electrons. The summed E-state index contributed by atoms with van der Waals surface area (Å²) in [5.41, 5.74) is 6.52. The molecular formula is C15H18N2O4. The van der Waals surface area contributed by atoms with Crippen molar-refractivity contribution in [3.05, 3.63) is 29.8 Å². The lowest BCUT2D eigenvalue weighted by molar-refractivity contribution is -0.141. The van der Waals surface area contributed by atoms with E-state index in [4.69, 9.17) is 10.8 Å². The minimum absolute atomic E-state index is 0.151. The van der Waals surface area contributed by atoms with Crippen molar-refractivity contribution in [3.63, 3.8) is 0 Å². The second kappa shape index (κ2) is 6.39. The third kappa shape index (κ3) is 4.05. The summed E-state index contributed by atoms with van der Waals surface area (Å²) < 4.78 is 0. The van der Waals surface area contributed by atoms with Crippen LogP contribution in [0.25, 0.3) is 0 Å². The lowest BCUT2D eigenvalue weighted by Crippen LogP contribution is -2.21. The SMILES string of the molecule is NC(=O)Cc1ccc(NC(=O)C2CCC(C(=O)O)C2)cc1. The summed E-state index contributed by atoms with van der Waals surface area (Å²) in [6.07, 6.45) is 1.70. The van der Waals surface area contributed by atoms with Crippen molar-refractivity contribution in [2.24, 2.45) is 17.6 Å². The second-order valence-corrected chi connectivity index (χ2v) is 5.37. The molecule has 0 spiro atoms. The zero-order valence-electron chi connectivity index (χ0n) is 11.5. The van der Waals surface area contributed by atoms with E-state index in [-0.39, 0.29) is 18.2 Å². The maximum absolute atomic E-state index is 12.1. The summed E-state index contributed by atoms with van der Waals surface area (Å²) in [6.45, 7) is 0. The number of primary amides is 1. The maximum Gasteiger partial charge on any atom is 0.306 e. The maximum atomic E-state index is 12.1. The average molecular weight is 290 g/mol. The van der Waals surface area contributed by atoms with Crippen molar-refractivity contribution < 1.29 is 19.5 Å². The standard InChI is InChI=1S/C15H18N2O4/c16-13(18)7-9-1-5-12(6-2-9)17-14(19)10-3-4-11(8-10)15(20)21/h1-2,5-6,10-11H,3-4,7-8H2,(H2,16,18)(H,17,19)(H,20,21). The van der Waals surface area contributed by atoms with Gasteiger partial charge in [0.25, 0.3) is 0 Å². The molecule has 6 heteroatoms. The van der Waals surface area contributed by atoms with Gasteiger partial charge in [0, 0.05) is 11.6 Å². The normalized spacial score (nSPS) is 21.0. The Bertz CT molecular complexity index is 553. The summed E-state index contributed by atoms with van der Waals surface area (Å²) in [6, 6.07) is 6.88. The van der Waals surface area contributed by atoms with Gasteiger partial charge in [-0.05, 0) is 37.0 Å². The predicted octanol–water partition coefficient (Wildman–Crippen LogP) is 1.15. The predicted molar refractivity (Wildman–Crippen MR) is 76.4 cm³/mol. The highest BCUT2D eigenvalue weighted by Gasteiger charge is 2.33. The first-order chi connectivity index (χ1) is 9.95. The first-order valence-electron chi connectivity index (χ1n) is 6.86. The number of aliphatic carboxylic acids is 1. The summed E-state index contributed by atoms with van der Waals surface area (Å²) in [7, 11) is 0. The second-order valence-electron chi connectivity index (χ2n) is 5.37. The molecule has 1 fully saturated rings. The zero-order valence-corrected chi connectivity index (χ0v) is 11.5. The Hall–Kier alpha value is -2.37. The van der Waals surface area contributed by atoms with Crippen LogP contribution in [0.1, 0.15) is 24.8 Å². The highest BCUT2D eigenvalue weighted by atomic mass is 16.4. The first kappa shape index (κ1) is 15.0. The number of anilines is 1. The zero-order chi connectivity index (χ0) is 15.4. The minimum Gasteiger partial charge on any atom is -0.481 e. The Kier molecular flexibility index (Phi) is 4.57. The largest absolute Gasteiger partial charge is 0.481 e. The van der Waals surface area contributed by atoms with E-state index in [1.165, 1.54) is 0 Å². The summed E-state index contributed by atoms with van der Waals surface area (Å²) in [5, 5.41) is 11.7. The summed E-state index contributed by atoms with van der Waals surface area (Å²) in [5.74, 6) is -2.06. The molecule has 1 aromatic rings. The van der Waals surface area contributed by atoms with Crippen LogP contribution in [-0.4, -0.2) is 22.9 Å². The monoisotopic (exact) mass is 290 g/mol. The van der Waals surface area contributed by atoms with Crippen LogP contribution in [0.5, 0.6) is 0 Å². The van der Waals surface area contributed by atoms with Crippen LogP contribution < -0.4 is 11.1 Å². The highest BCUT2D eigenvalue weighted by Crippen LogP contribution is 2.31. The van der Waals surface area contributed by atoms with E-state index in [0.29, 0.717) is 24.9 Å². The molecule has 2 amide bonds. The quantitative estimate of drug-likeness (QED) is 0.755. The summed E-state index contributed by atoms with van der Waals surface area (Å²) >= 11 is 0. The number of nitrogens with two attached hydrogens (primary N) is 1. The number of rotatable bonds is 5. The van der Waals surface area contributed by atoms with E-state index in [1.807, 2.05) is 0 Å². The average Bonchev–Trinajstić information content (AvgIpc) is 2.90. The van der Waals surface area contributed by atoms with Crippen molar-refractivity contribution in [1.29, 1.82) is 0 Å². The van der Waals surface area contributed by atoms with Crippen molar-refractivity contribution in [3.8, 4) is 0 Å². The fourth-order valence-corrected chi connectivity index (χ4v) is 2.60. The topological polar surface area (TPSA) is 109 Å². The number of benzene rings is 1. The Labute approximate surface area is 122 Å². The number of carbonyl (C=O) groups excluding carboxylic acids is 2. The van der Waals surface area contributed by atoms with Crippen molar-refractivity contribution in [2.75, 3.05) is 5.32 Å². The van der Waals surface area contributed by atoms with Gasteiger partial charge in [-0.1, -0.05) is 12.1 Å². The van der Waals surface area contributed by atoms with Gasteiger partial charge >= 0.3 is 5.97 Å². The minimum atomic E-state index is -0.832. The lowest BCUT2D eigenvalue weighted by atomic mass is 10.0. The molecule has 1 aliphatic rings. The van der Waals surface area contributed by atoms with Gasteiger partial charge < -0.3 is 16.2 Å². The number of hydrogen-bond acceptors (Lipinski definition) is 3. The van der Waals surface area contributed by atoms with E-state index in [1.54, 1.807) is 24.3 Å². The van der Waals surface area contributed by atoms with Gasteiger partial charge in [-0.3, -0.25) is 14.4 Å². The van der Waals surface area contributed by atoms with E-state index >= 15 is 0 Å². The van der Waals surface area contributed by atoms with Crippen molar-refractivity contribution in [1.82, 2.24) is 0 Å². The van der Waals surface area contributed by atoms with E-state index < -0.39 is 17.8 Å². The number of nitrogens with one attached hydrogen (secondary N) is 1. The molecule has 6 nitrogen and oxygen atoms in total. The number of carbonyl (C=O) groups is 3. The van der Waals surface area contributed by atoms with Gasteiger partial charge in [0.2, 0.25) is 11.8 Å². The van der Waals surface area contributed by atoms with Gasteiger partial charge in [0.05, 0.1) is 12.3 Å². The number of carboxylic acids is 1. The molecule has 1 saturated carbocycles. The van der Waals surface area contributed by atoms with Crippen LogP contribution in [0.15, 0.2) is 24.3 Å². The van der Waals surface area contributed by atoms with Crippen LogP contribution in [-0.2, 0) is 20.8 Å². The van der Waals surface area contributed by atoms with Gasteiger partial charge in [0.1, 0.15) is 0 Å². The smallest absolute Gasteiger partial charge is 0.306 e. The molecule has 0 bridgehead atoms. The van der Waals surface area contributed by atoms with Crippen LogP contribution in [0.2, 0.25) is 0 Å². The molecule has 2 unspecified atom stereocenters. The fraction of sp³-hybridized carbons (Fsp3) is 0.400. The Morgan fingerprint density at radius 1 is 1.14 bits per heavy atom. The molecule has 0 saturated heterocycles. The lowest BCUT2D eigenvalue weighted by Gasteiger charge is -2.11. The molecule has 1 aliphatic carbocycles. The van der Waals surface area contributed by atoms with Gasteiger partial charge in [-0.25, -0.2) is 0 Å². The Morgan fingerprint density at radius 2 is 1.76 bits per heavy atom. The highest BCUT2D eigenvalue weighted by molar-refractivity contribution is 5.93. The van der Waals surface area contributed by atoms with E-state index in [9.17, 15) is 14.4 Å². The van der Waals surface area contributed by atoms with Gasteiger partial charge in [-0.2, -0.15) is 0 Å². The molecule has 1 aromatic carbocycles. The number of hydrogen-bond donors (Lipinski definition) is 3. The van der Waals surface area contributed by atoms with Gasteiger partial charge in [-0.15, -0.1) is 0 Å². The van der Waals surface area contributed by atoms with Crippen LogP contribution in [0.3, 0.4) is 0 Å². The Morgan fingerprint density at radius 3 is 2.29 bits per heavy atom. The molecule has 4 N–H and O–H groups in total. The summed E-state index contributed by atoms with van der Waals surface area (Å²) in [4.78, 5) is 33.7. The van der Waals surface area contributed by atoms with Crippen LogP contribution in [0, 0.1) is 11.8 Å². The van der Waals surface area contributed by atoms with Crippen LogP contribution in [0.4, 0.5) is 5.69 Å². The fourth-order valence-electron chi connectivity index (χ4n) is 2.60. The third-order valence-electron chi connectivity index (χ3n) is 3.75. The van der Waals surface area contributed by atoms with Crippen LogP contribution >= 0.6 is 0 Å². The molecule has 2 atom stereocenters. The van der Waals surface area contributed by atoms with Gasteiger partial charge in [0.15, 0.2) is 0 Å². The molecule has 2 rings (SSSR count). The molecule has 0 aliphatic heterocycles. The number of carboxylic acid groups (broad SMARTS) is 1. The third-order valence-corrected chi connectivity index (χ3v) is 3.75. The number of amides is 2. The molecule has 0 heterocycles. The molecule has 0 radical (unpaired) electrons. The van der Waals surface area contributed by atoms with Crippen molar-refractivity contribution in [2.45, 2.75) is 25.7 Å². The first-order valence-corrected chi connectivity index (χ1v) is 6.86. The Balaban J connectivity index is 1.91. The van der Waals surface area contributed by atoms with Crippen molar-refractivity contribution >= 4 is 23.5 Å².